The van der Waals surface area contributed by atoms with Crippen LogP contribution in [0.2, 0.25) is 5.02 Å². The van der Waals surface area contributed by atoms with E-state index in [9.17, 15) is 4.79 Å². The van der Waals surface area contributed by atoms with Gasteiger partial charge in [0, 0.05) is 17.3 Å². The molecule has 0 unspecified atom stereocenters. The molecule has 0 aromatic heterocycles. The molecule has 2 nitrogen and oxygen atoms in total. The second-order valence-corrected chi connectivity index (χ2v) is 6.02. The summed E-state index contributed by atoms with van der Waals surface area (Å²) in [5, 5.41) is 0.699. The monoisotopic (exact) mass is 299 g/mol. The van der Waals surface area contributed by atoms with Crippen molar-refractivity contribution in [2.75, 3.05) is 11.4 Å². The van der Waals surface area contributed by atoms with Crippen LogP contribution >= 0.6 is 11.6 Å². The van der Waals surface area contributed by atoms with Crippen LogP contribution in [-0.2, 0) is 17.6 Å². The number of hydrogen-bond donors (Lipinski definition) is 0. The zero-order chi connectivity index (χ0) is 14.8. The molecule has 0 spiro atoms. The third kappa shape index (κ3) is 3.11. The molecule has 0 saturated heterocycles. The number of anilines is 1. The van der Waals surface area contributed by atoms with Gasteiger partial charge < -0.3 is 4.90 Å². The normalized spacial score (nSPS) is 13.9. The van der Waals surface area contributed by atoms with Crippen molar-refractivity contribution in [2.24, 2.45) is 0 Å². The Balaban J connectivity index is 1.81. The maximum atomic E-state index is 12.6. The van der Waals surface area contributed by atoms with Crippen molar-refractivity contribution in [3.05, 3.63) is 64.2 Å². The van der Waals surface area contributed by atoms with Gasteiger partial charge in [-0.1, -0.05) is 41.4 Å². The van der Waals surface area contributed by atoms with E-state index in [1.165, 1.54) is 11.1 Å². The lowest BCUT2D eigenvalue weighted by Gasteiger charge is -2.30. The van der Waals surface area contributed by atoms with Gasteiger partial charge in [0.1, 0.15) is 0 Å². The van der Waals surface area contributed by atoms with Crippen LogP contribution in [0, 0.1) is 6.92 Å². The number of fused-ring (bicyclic) bond motifs is 1. The van der Waals surface area contributed by atoms with Crippen LogP contribution in [0.4, 0.5) is 5.69 Å². The van der Waals surface area contributed by atoms with Crippen molar-refractivity contribution >= 4 is 23.2 Å². The molecule has 0 fully saturated rings. The summed E-state index contributed by atoms with van der Waals surface area (Å²) in [4.78, 5) is 14.5. The van der Waals surface area contributed by atoms with Crippen LogP contribution < -0.4 is 4.90 Å². The number of nitrogens with zero attached hydrogens (tertiary/aromatic N) is 1. The van der Waals surface area contributed by atoms with E-state index in [1.54, 1.807) is 0 Å². The molecule has 1 aliphatic heterocycles. The summed E-state index contributed by atoms with van der Waals surface area (Å²) in [6.45, 7) is 2.90. The fraction of sp³-hybridized carbons (Fsp3) is 0.278. The summed E-state index contributed by atoms with van der Waals surface area (Å²) in [6, 6.07) is 13.8. The minimum absolute atomic E-state index is 0.155. The second kappa shape index (κ2) is 5.90. The molecular formula is C18H18ClNO. The van der Waals surface area contributed by atoms with Gasteiger partial charge in [-0.15, -0.1) is 0 Å². The van der Waals surface area contributed by atoms with E-state index in [0.29, 0.717) is 11.4 Å². The van der Waals surface area contributed by atoms with Crippen molar-refractivity contribution in [3.63, 3.8) is 0 Å². The van der Waals surface area contributed by atoms with E-state index >= 15 is 0 Å². The summed E-state index contributed by atoms with van der Waals surface area (Å²) in [5.41, 5.74) is 4.61. The molecule has 1 heterocycles. The molecule has 3 rings (SSSR count). The lowest BCUT2D eigenvalue weighted by Crippen LogP contribution is -2.36. The average molecular weight is 300 g/mol. The number of carbonyl (C=O) groups excluding carboxylic acids is 1. The van der Waals surface area contributed by atoms with Gasteiger partial charge >= 0.3 is 0 Å². The number of hydrogen-bond acceptors (Lipinski definition) is 1. The van der Waals surface area contributed by atoms with E-state index < -0.39 is 0 Å². The smallest absolute Gasteiger partial charge is 0.231 e. The average Bonchev–Trinajstić information content (AvgIpc) is 2.48. The van der Waals surface area contributed by atoms with Gasteiger partial charge in [-0.05, 0) is 49.1 Å². The number of amides is 1. The number of halogens is 1. The molecule has 2 aromatic carbocycles. The molecule has 1 amide bonds. The summed E-state index contributed by atoms with van der Waals surface area (Å²) < 4.78 is 0. The molecular weight excluding hydrogens is 282 g/mol. The maximum absolute atomic E-state index is 12.6. The highest BCUT2D eigenvalue weighted by molar-refractivity contribution is 6.30. The van der Waals surface area contributed by atoms with Crippen LogP contribution in [-0.4, -0.2) is 12.5 Å². The standard InChI is InChI=1S/C18H18ClNO/c1-13-4-9-17-15(11-13)3-2-10-20(17)18(21)12-14-5-7-16(19)8-6-14/h4-9,11H,2-3,10,12H2,1H3. The van der Waals surface area contributed by atoms with Gasteiger partial charge in [-0.25, -0.2) is 0 Å². The summed E-state index contributed by atoms with van der Waals surface area (Å²) in [6.07, 6.45) is 2.51. The van der Waals surface area contributed by atoms with Crippen molar-refractivity contribution in [3.8, 4) is 0 Å². The SMILES string of the molecule is Cc1ccc2c(c1)CCCN2C(=O)Cc1ccc(Cl)cc1. The number of aryl methyl sites for hydroxylation is 2. The number of benzene rings is 2. The van der Waals surface area contributed by atoms with Crippen LogP contribution in [0.5, 0.6) is 0 Å². The Bertz CT molecular complexity index is 663. The van der Waals surface area contributed by atoms with E-state index in [1.807, 2.05) is 29.2 Å². The van der Waals surface area contributed by atoms with Crippen molar-refractivity contribution in [1.82, 2.24) is 0 Å². The van der Waals surface area contributed by atoms with Gasteiger partial charge in [-0.3, -0.25) is 4.79 Å². The van der Waals surface area contributed by atoms with Crippen LogP contribution in [0.15, 0.2) is 42.5 Å². The molecule has 0 atom stereocenters. The topological polar surface area (TPSA) is 20.3 Å². The number of carbonyl (C=O) groups is 1. The molecule has 21 heavy (non-hydrogen) atoms. The minimum atomic E-state index is 0.155. The third-order valence-corrected chi connectivity index (χ3v) is 4.18. The van der Waals surface area contributed by atoms with Crippen LogP contribution in [0.25, 0.3) is 0 Å². The predicted octanol–water partition coefficient (Wildman–Crippen LogP) is 4.17. The van der Waals surface area contributed by atoms with E-state index in [4.69, 9.17) is 11.6 Å². The van der Waals surface area contributed by atoms with E-state index in [-0.39, 0.29) is 5.91 Å². The van der Waals surface area contributed by atoms with Crippen molar-refractivity contribution < 1.29 is 4.79 Å². The maximum Gasteiger partial charge on any atom is 0.231 e. The Hall–Kier alpha value is -1.80. The first-order valence-corrected chi connectivity index (χ1v) is 7.65. The Morgan fingerprint density at radius 2 is 1.95 bits per heavy atom. The Labute approximate surface area is 130 Å². The van der Waals surface area contributed by atoms with Gasteiger partial charge in [0.2, 0.25) is 5.91 Å². The highest BCUT2D eigenvalue weighted by Gasteiger charge is 2.22. The van der Waals surface area contributed by atoms with Gasteiger partial charge in [-0.2, -0.15) is 0 Å². The Morgan fingerprint density at radius 1 is 1.19 bits per heavy atom. The van der Waals surface area contributed by atoms with Crippen molar-refractivity contribution in [2.45, 2.75) is 26.2 Å². The van der Waals surface area contributed by atoms with E-state index in [0.717, 1.165) is 30.6 Å². The highest BCUT2D eigenvalue weighted by Crippen LogP contribution is 2.28. The third-order valence-electron chi connectivity index (χ3n) is 3.92. The Morgan fingerprint density at radius 3 is 2.71 bits per heavy atom. The predicted molar refractivity (Wildman–Crippen MR) is 87.0 cm³/mol. The zero-order valence-electron chi connectivity index (χ0n) is 12.1. The lowest BCUT2D eigenvalue weighted by molar-refractivity contribution is -0.118. The first kappa shape index (κ1) is 14.2. The summed E-state index contributed by atoms with van der Waals surface area (Å²) in [5.74, 6) is 0.155. The first-order chi connectivity index (χ1) is 10.1. The zero-order valence-corrected chi connectivity index (χ0v) is 12.9. The molecule has 0 aliphatic carbocycles. The largest absolute Gasteiger partial charge is 0.312 e. The molecule has 108 valence electrons. The van der Waals surface area contributed by atoms with E-state index in [2.05, 4.69) is 25.1 Å². The molecule has 0 saturated carbocycles. The molecule has 0 radical (unpaired) electrons. The fourth-order valence-electron chi connectivity index (χ4n) is 2.86. The second-order valence-electron chi connectivity index (χ2n) is 5.58. The van der Waals surface area contributed by atoms with Crippen LogP contribution in [0.3, 0.4) is 0 Å². The molecule has 0 N–H and O–H groups in total. The highest BCUT2D eigenvalue weighted by atomic mass is 35.5. The number of rotatable bonds is 2. The molecule has 3 heteroatoms. The van der Waals surface area contributed by atoms with Gasteiger partial charge in [0.05, 0.1) is 6.42 Å². The van der Waals surface area contributed by atoms with Crippen LogP contribution in [0.1, 0.15) is 23.1 Å². The molecule has 0 bridgehead atoms. The van der Waals surface area contributed by atoms with Gasteiger partial charge in [0.15, 0.2) is 0 Å². The summed E-state index contributed by atoms with van der Waals surface area (Å²) in [7, 11) is 0. The quantitative estimate of drug-likeness (QED) is 0.815. The first-order valence-electron chi connectivity index (χ1n) is 7.28. The van der Waals surface area contributed by atoms with Gasteiger partial charge in [0.25, 0.3) is 0 Å². The fourth-order valence-corrected chi connectivity index (χ4v) is 2.98. The summed E-state index contributed by atoms with van der Waals surface area (Å²) >= 11 is 5.88. The lowest BCUT2D eigenvalue weighted by atomic mass is 9.99. The van der Waals surface area contributed by atoms with Crippen molar-refractivity contribution in [1.29, 1.82) is 0 Å². The minimum Gasteiger partial charge on any atom is -0.312 e. The Kier molecular flexibility index (Phi) is 3.98. The molecule has 2 aromatic rings. The molecule has 1 aliphatic rings.